The molecule has 0 aliphatic rings. The van der Waals surface area contributed by atoms with Gasteiger partial charge in [0.1, 0.15) is 17.2 Å². The van der Waals surface area contributed by atoms with Crippen LogP contribution in [0.15, 0.2) is 192 Å². The topological polar surface area (TPSA) is 72.6 Å². The Balaban J connectivity index is 1.25. The highest BCUT2D eigenvalue weighted by atomic mass is 16.3. The summed E-state index contributed by atoms with van der Waals surface area (Å²) in [5, 5.41) is 17.5. The lowest BCUT2D eigenvalue weighted by Crippen LogP contribution is -2.07. The highest BCUT2D eigenvalue weighted by Crippen LogP contribution is 2.46. The fourth-order valence-electron chi connectivity index (χ4n) is 9.05. The number of nitriles is 1. The summed E-state index contributed by atoms with van der Waals surface area (Å²) in [7, 11) is 0. The smallest absolute Gasteiger partial charge is 0.160 e. The van der Waals surface area contributed by atoms with Crippen LogP contribution in [0.2, 0.25) is 0 Å². The number of fused-ring (bicyclic) bond motifs is 9. The molecule has 0 fully saturated rings. The number of hydrogen-bond donors (Lipinski definition) is 0. The van der Waals surface area contributed by atoms with Gasteiger partial charge in [-0.3, -0.25) is 0 Å². The third-order valence-corrected chi connectivity index (χ3v) is 11.6. The van der Waals surface area contributed by atoms with Crippen LogP contribution >= 0.6 is 0 Å². The monoisotopic (exact) mass is 753 g/mol. The zero-order valence-electron chi connectivity index (χ0n) is 31.5. The predicted molar refractivity (Wildman–Crippen MR) is 239 cm³/mol. The number of nitrogens with zero attached hydrogens (tertiary/aromatic N) is 5. The van der Waals surface area contributed by atoms with Gasteiger partial charge in [0.15, 0.2) is 5.82 Å². The van der Waals surface area contributed by atoms with Gasteiger partial charge in [0.25, 0.3) is 0 Å². The maximum Gasteiger partial charge on any atom is 0.160 e. The van der Waals surface area contributed by atoms with E-state index in [-0.39, 0.29) is 0 Å². The summed E-state index contributed by atoms with van der Waals surface area (Å²) >= 11 is 0. The van der Waals surface area contributed by atoms with E-state index < -0.39 is 0 Å². The molecule has 59 heavy (non-hydrogen) atoms. The summed E-state index contributed by atoms with van der Waals surface area (Å²) in [5.41, 5.74) is 11.9. The van der Waals surface area contributed by atoms with Gasteiger partial charge in [-0.05, 0) is 36.4 Å². The molecule has 0 spiro atoms. The van der Waals surface area contributed by atoms with Crippen LogP contribution in [-0.4, -0.2) is 19.1 Å². The Hall–Kier alpha value is -8.27. The quantitative estimate of drug-likeness (QED) is 0.175. The van der Waals surface area contributed by atoms with Gasteiger partial charge in [0.05, 0.1) is 55.8 Å². The van der Waals surface area contributed by atoms with Gasteiger partial charge in [-0.1, -0.05) is 146 Å². The molecule has 274 valence electrons. The summed E-state index contributed by atoms with van der Waals surface area (Å²) < 4.78 is 11.7. The third kappa shape index (κ3) is 4.92. The van der Waals surface area contributed by atoms with E-state index in [0.29, 0.717) is 22.6 Å². The standard InChI is InChI=1S/C53H31N5O/c54-32-35-30-48-49(41-25-15-24-40(52(41)59-48)43-31-42(33-16-3-1-4-17-33)55-53(56-43)34-18-5-2-6-19-34)51(58-46-28-13-9-22-38(46)39-23-10-14-29-47(39)58)50(35)57-44-26-11-7-20-36(44)37-21-8-12-27-45(37)57/h1-31H. The van der Waals surface area contributed by atoms with E-state index in [1.165, 1.54) is 0 Å². The van der Waals surface area contributed by atoms with Crippen molar-refractivity contribution < 1.29 is 4.42 Å². The van der Waals surface area contributed by atoms with E-state index in [0.717, 1.165) is 93.8 Å². The molecule has 12 rings (SSSR count). The fourth-order valence-corrected chi connectivity index (χ4v) is 9.05. The molecule has 0 radical (unpaired) electrons. The molecule has 0 saturated carbocycles. The van der Waals surface area contributed by atoms with Crippen LogP contribution in [0, 0.1) is 11.3 Å². The van der Waals surface area contributed by atoms with Crippen molar-refractivity contribution in [1.82, 2.24) is 19.1 Å². The van der Waals surface area contributed by atoms with Crippen molar-refractivity contribution in [3.63, 3.8) is 0 Å². The lowest BCUT2D eigenvalue weighted by molar-refractivity contribution is 0.669. The second-order valence-corrected chi connectivity index (χ2v) is 14.8. The van der Waals surface area contributed by atoms with Crippen molar-refractivity contribution in [2.24, 2.45) is 0 Å². The molecule has 12 aromatic rings. The largest absolute Gasteiger partial charge is 0.455 e. The van der Waals surface area contributed by atoms with Crippen LogP contribution < -0.4 is 0 Å². The molecule has 0 saturated heterocycles. The minimum Gasteiger partial charge on any atom is -0.455 e. The van der Waals surface area contributed by atoms with E-state index in [9.17, 15) is 5.26 Å². The summed E-state index contributed by atoms with van der Waals surface area (Å²) in [6, 6.07) is 67.1. The Kier molecular flexibility index (Phi) is 7.19. The predicted octanol–water partition coefficient (Wildman–Crippen LogP) is 13.4. The van der Waals surface area contributed by atoms with Crippen LogP contribution in [0.1, 0.15) is 5.56 Å². The van der Waals surface area contributed by atoms with Gasteiger partial charge in [-0.2, -0.15) is 5.26 Å². The van der Waals surface area contributed by atoms with Crippen LogP contribution in [0.25, 0.3) is 111 Å². The molecule has 4 aromatic heterocycles. The summed E-state index contributed by atoms with van der Waals surface area (Å²) in [4.78, 5) is 10.3. The third-order valence-electron chi connectivity index (χ3n) is 11.6. The van der Waals surface area contributed by atoms with Crippen LogP contribution in [0.4, 0.5) is 0 Å². The lowest BCUT2D eigenvalue weighted by Gasteiger charge is -2.19. The van der Waals surface area contributed by atoms with E-state index in [1.807, 2.05) is 60.7 Å². The zero-order chi connectivity index (χ0) is 39.0. The second kappa shape index (κ2) is 12.9. The molecule has 4 heterocycles. The average molecular weight is 754 g/mol. The van der Waals surface area contributed by atoms with Crippen molar-refractivity contribution in [2.45, 2.75) is 0 Å². The molecule has 0 bridgehead atoms. The first-order chi connectivity index (χ1) is 29.2. The Morgan fingerprint density at radius 3 is 1.47 bits per heavy atom. The number of benzene rings is 8. The summed E-state index contributed by atoms with van der Waals surface area (Å²) in [6.45, 7) is 0. The molecule has 0 atom stereocenters. The lowest BCUT2D eigenvalue weighted by atomic mass is 10.0. The number of para-hydroxylation sites is 5. The molecule has 0 unspecified atom stereocenters. The number of furan rings is 1. The highest BCUT2D eigenvalue weighted by Gasteiger charge is 2.28. The number of rotatable bonds is 5. The van der Waals surface area contributed by atoms with E-state index >= 15 is 0 Å². The molecule has 0 amide bonds. The van der Waals surface area contributed by atoms with Gasteiger partial charge in [-0.15, -0.1) is 0 Å². The van der Waals surface area contributed by atoms with Gasteiger partial charge < -0.3 is 13.6 Å². The van der Waals surface area contributed by atoms with Crippen molar-refractivity contribution in [3.8, 4) is 51.3 Å². The molecular weight excluding hydrogens is 723 g/mol. The van der Waals surface area contributed by atoms with E-state index in [1.54, 1.807) is 0 Å². The number of aromatic nitrogens is 4. The molecule has 6 heteroatoms. The van der Waals surface area contributed by atoms with Crippen LogP contribution in [0.5, 0.6) is 0 Å². The maximum absolute atomic E-state index is 11.2. The van der Waals surface area contributed by atoms with E-state index in [2.05, 4.69) is 143 Å². The van der Waals surface area contributed by atoms with Crippen molar-refractivity contribution in [2.75, 3.05) is 0 Å². The Morgan fingerprint density at radius 2 is 0.915 bits per heavy atom. The first-order valence-corrected chi connectivity index (χ1v) is 19.6. The Bertz CT molecular complexity index is 3520. The highest BCUT2D eigenvalue weighted by molar-refractivity contribution is 6.19. The Labute approximate surface area is 338 Å². The zero-order valence-corrected chi connectivity index (χ0v) is 31.5. The first-order valence-electron chi connectivity index (χ1n) is 19.6. The molecule has 0 aliphatic carbocycles. The van der Waals surface area contributed by atoms with Crippen LogP contribution in [-0.2, 0) is 0 Å². The fraction of sp³-hybridized carbons (Fsp3) is 0. The van der Waals surface area contributed by atoms with Gasteiger partial charge in [0.2, 0.25) is 0 Å². The molecule has 8 aromatic carbocycles. The summed E-state index contributed by atoms with van der Waals surface area (Å²) in [5.74, 6) is 0.626. The minimum absolute atomic E-state index is 0.501. The first kappa shape index (κ1) is 32.9. The second-order valence-electron chi connectivity index (χ2n) is 14.8. The maximum atomic E-state index is 11.2. The average Bonchev–Trinajstić information content (AvgIpc) is 3.96. The van der Waals surface area contributed by atoms with Crippen molar-refractivity contribution in [3.05, 3.63) is 194 Å². The van der Waals surface area contributed by atoms with Crippen molar-refractivity contribution in [1.29, 1.82) is 5.26 Å². The Morgan fingerprint density at radius 1 is 0.441 bits per heavy atom. The van der Waals surface area contributed by atoms with Gasteiger partial charge >= 0.3 is 0 Å². The van der Waals surface area contributed by atoms with Gasteiger partial charge in [-0.25, -0.2) is 9.97 Å². The van der Waals surface area contributed by atoms with Gasteiger partial charge in [0, 0.05) is 49.7 Å². The van der Waals surface area contributed by atoms with E-state index in [4.69, 9.17) is 14.4 Å². The number of hydrogen-bond acceptors (Lipinski definition) is 4. The molecule has 0 N–H and O–H groups in total. The summed E-state index contributed by atoms with van der Waals surface area (Å²) in [6.07, 6.45) is 0. The van der Waals surface area contributed by atoms with Crippen molar-refractivity contribution >= 4 is 65.6 Å². The minimum atomic E-state index is 0.501. The molecule has 0 aliphatic heterocycles. The molecule has 6 nitrogen and oxygen atoms in total. The molecular formula is C53H31N5O. The SMILES string of the molecule is N#Cc1cc2oc3c(-c4cc(-c5ccccc5)nc(-c5ccccc5)n4)cccc3c2c(-n2c3ccccc3c3ccccc32)c1-n1c2ccccc2c2ccccc21. The normalized spacial score (nSPS) is 11.7. The van der Waals surface area contributed by atoms with Crippen LogP contribution in [0.3, 0.4) is 0 Å².